The average Bonchev–Trinajstić information content (AvgIpc) is 2.83. The van der Waals surface area contributed by atoms with Crippen molar-refractivity contribution in [2.75, 3.05) is 5.32 Å². The monoisotopic (exact) mass is 348 g/mol. The molecule has 3 rings (SSSR count). The highest BCUT2D eigenvalue weighted by atomic mass is 35.5. The van der Waals surface area contributed by atoms with Crippen LogP contribution in [0.1, 0.15) is 17.8 Å². The van der Waals surface area contributed by atoms with E-state index < -0.39 is 0 Å². The maximum absolute atomic E-state index is 12.1. The summed E-state index contributed by atoms with van der Waals surface area (Å²) in [7, 11) is 0. The Kier molecular flexibility index (Phi) is 4.50. The number of hydrogen-bond donors (Lipinski definition) is 1. The highest BCUT2D eigenvalue weighted by molar-refractivity contribution is 6.36. The van der Waals surface area contributed by atoms with Gasteiger partial charge < -0.3 is 9.72 Å². The van der Waals surface area contributed by atoms with Gasteiger partial charge in [0, 0.05) is 24.5 Å². The van der Waals surface area contributed by atoms with Crippen LogP contribution in [-0.2, 0) is 11.2 Å². The molecule has 7 heteroatoms. The van der Waals surface area contributed by atoms with E-state index in [2.05, 4.69) is 15.3 Å². The number of nitrogens with one attached hydrogen (secondary N) is 1. The smallest absolute Gasteiger partial charge is 0.225 e. The van der Waals surface area contributed by atoms with Crippen LogP contribution in [0.3, 0.4) is 0 Å². The molecular formula is C16H14Cl2N4O. The first-order valence-corrected chi connectivity index (χ1v) is 7.83. The van der Waals surface area contributed by atoms with Crippen LogP contribution in [-0.4, -0.2) is 20.3 Å². The standard InChI is InChI=1S/C16H14Cl2N4O/c1-10-13(22-7-3-2-4-14(22)20-10)5-6-15(23)21-16-12(18)8-11(17)9-19-16/h2-4,7-9H,5-6H2,1H3,(H,19,21,23). The Morgan fingerprint density at radius 3 is 2.96 bits per heavy atom. The SMILES string of the molecule is Cc1nc2ccccn2c1CCC(=O)Nc1ncc(Cl)cc1Cl. The Balaban J connectivity index is 1.70. The summed E-state index contributed by atoms with van der Waals surface area (Å²) < 4.78 is 2.00. The van der Waals surface area contributed by atoms with E-state index in [9.17, 15) is 4.79 Å². The molecule has 0 spiro atoms. The van der Waals surface area contributed by atoms with Crippen molar-refractivity contribution in [2.45, 2.75) is 19.8 Å². The molecule has 0 aliphatic heterocycles. The lowest BCUT2D eigenvalue weighted by Crippen LogP contribution is -2.14. The number of halogens is 2. The molecule has 0 saturated heterocycles. The predicted molar refractivity (Wildman–Crippen MR) is 91.1 cm³/mol. The second-order valence-electron chi connectivity index (χ2n) is 5.10. The van der Waals surface area contributed by atoms with Crippen LogP contribution in [0.5, 0.6) is 0 Å². The number of carbonyl (C=O) groups excluding carboxylic acids is 1. The maximum atomic E-state index is 12.1. The maximum Gasteiger partial charge on any atom is 0.225 e. The Hall–Kier alpha value is -2.11. The number of hydrogen-bond acceptors (Lipinski definition) is 3. The van der Waals surface area contributed by atoms with Gasteiger partial charge in [0.15, 0.2) is 5.82 Å². The van der Waals surface area contributed by atoms with Crippen LogP contribution in [0.25, 0.3) is 5.65 Å². The van der Waals surface area contributed by atoms with E-state index in [0.717, 1.165) is 17.0 Å². The van der Waals surface area contributed by atoms with Gasteiger partial charge in [-0.05, 0) is 31.5 Å². The Morgan fingerprint density at radius 1 is 1.35 bits per heavy atom. The topological polar surface area (TPSA) is 59.3 Å². The van der Waals surface area contributed by atoms with Gasteiger partial charge in [-0.25, -0.2) is 9.97 Å². The quantitative estimate of drug-likeness (QED) is 0.777. The summed E-state index contributed by atoms with van der Waals surface area (Å²) in [5.74, 6) is 0.155. The number of aryl methyl sites for hydroxylation is 2. The summed E-state index contributed by atoms with van der Waals surface area (Å²) >= 11 is 11.8. The number of pyridine rings is 2. The van der Waals surface area contributed by atoms with Gasteiger partial charge in [-0.15, -0.1) is 0 Å². The van der Waals surface area contributed by atoms with Crippen LogP contribution in [0, 0.1) is 6.92 Å². The molecule has 3 aromatic rings. The zero-order valence-corrected chi connectivity index (χ0v) is 13.9. The van der Waals surface area contributed by atoms with Crippen molar-refractivity contribution < 1.29 is 4.79 Å². The summed E-state index contributed by atoms with van der Waals surface area (Å²) in [4.78, 5) is 20.6. The molecule has 3 aromatic heterocycles. The summed E-state index contributed by atoms with van der Waals surface area (Å²) in [5.41, 5.74) is 2.82. The molecule has 1 amide bonds. The van der Waals surface area contributed by atoms with Gasteiger partial charge in [0.25, 0.3) is 0 Å². The van der Waals surface area contributed by atoms with Crippen molar-refractivity contribution in [3.63, 3.8) is 0 Å². The molecule has 0 saturated carbocycles. The molecule has 3 heterocycles. The molecule has 0 unspecified atom stereocenters. The third-order valence-electron chi connectivity index (χ3n) is 3.48. The van der Waals surface area contributed by atoms with Crippen LogP contribution in [0.4, 0.5) is 5.82 Å². The van der Waals surface area contributed by atoms with Crippen LogP contribution < -0.4 is 5.32 Å². The summed E-state index contributed by atoms with van der Waals surface area (Å²) in [6.45, 7) is 1.94. The number of nitrogens with zero attached hydrogens (tertiary/aromatic N) is 3. The Labute approximate surface area is 143 Å². The lowest BCUT2D eigenvalue weighted by molar-refractivity contribution is -0.116. The minimum atomic E-state index is -0.160. The van der Waals surface area contributed by atoms with Crippen molar-refractivity contribution in [2.24, 2.45) is 0 Å². The van der Waals surface area contributed by atoms with Gasteiger partial charge in [0.05, 0.1) is 15.7 Å². The van der Waals surface area contributed by atoms with E-state index in [0.29, 0.717) is 28.7 Å². The number of aromatic nitrogens is 3. The van der Waals surface area contributed by atoms with E-state index in [1.807, 2.05) is 35.7 Å². The van der Waals surface area contributed by atoms with Gasteiger partial charge in [-0.2, -0.15) is 0 Å². The van der Waals surface area contributed by atoms with Crippen molar-refractivity contribution in [3.8, 4) is 0 Å². The molecule has 0 aliphatic carbocycles. The van der Waals surface area contributed by atoms with Crippen molar-refractivity contribution in [3.05, 3.63) is 58.1 Å². The van der Waals surface area contributed by atoms with Crippen LogP contribution >= 0.6 is 23.2 Å². The summed E-state index contributed by atoms with van der Waals surface area (Å²) in [6.07, 6.45) is 4.27. The third-order valence-corrected chi connectivity index (χ3v) is 3.98. The van der Waals surface area contributed by atoms with Crippen LogP contribution in [0.15, 0.2) is 36.7 Å². The molecule has 0 aromatic carbocycles. The summed E-state index contributed by atoms with van der Waals surface area (Å²) in [5, 5.41) is 3.44. The lowest BCUT2D eigenvalue weighted by Gasteiger charge is -2.07. The van der Waals surface area contributed by atoms with Crippen molar-refractivity contribution in [1.29, 1.82) is 0 Å². The van der Waals surface area contributed by atoms with Gasteiger partial charge in [0.1, 0.15) is 5.65 Å². The van der Waals surface area contributed by atoms with E-state index >= 15 is 0 Å². The molecule has 0 atom stereocenters. The van der Waals surface area contributed by atoms with Crippen molar-refractivity contribution in [1.82, 2.24) is 14.4 Å². The molecule has 23 heavy (non-hydrogen) atoms. The molecule has 5 nitrogen and oxygen atoms in total. The highest BCUT2D eigenvalue weighted by Gasteiger charge is 2.12. The van der Waals surface area contributed by atoms with Crippen LogP contribution in [0.2, 0.25) is 10.0 Å². The number of carbonyl (C=O) groups is 1. The fourth-order valence-electron chi connectivity index (χ4n) is 2.40. The fourth-order valence-corrected chi connectivity index (χ4v) is 2.83. The summed E-state index contributed by atoms with van der Waals surface area (Å²) in [6, 6.07) is 7.36. The van der Waals surface area contributed by atoms with E-state index in [1.54, 1.807) is 6.07 Å². The highest BCUT2D eigenvalue weighted by Crippen LogP contribution is 2.22. The number of amides is 1. The molecular weight excluding hydrogens is 335 g/mol. The average molecular weight is 349 g/mol. The molecule has 0 bridgehead atoms. The number of rotatable bonds is 4. The lowest BCUT2D eigenvalue weighted by atomic mass is 10.2. The Bertz CT molecular complexity index is 876. The zero-order chi connectivity index (χ0) is 16.4. The van der Waals surface area contributed by atoms with Gasteiger partial charge in [-0.1, -0.05) is 29.3 Å². The molecule has 118 valence electrons. The van der Waals surface area contributed by atoms with Gasteiger partial charge >= 0.3 is 0 Å². The minimum absolute atomic E-state index is 0.160. The fraction of sp³-hybridized carbons (Fsp3) is 0.188. The first kappa shape index (κ1) is 15.8. The first-order valence-electron chi connectivity index (χ1n) is 7.08. The van der Waals surface area contributed by atoms with E-state index in [4.69, 9.17) is 23.2 Å². The van der Waals surface area contributed by atoms with Gasteiger partial charge in [-0.3, -0.25) is 4.79 Å². The van der Waals surface area contributed by atoms with Crippen molar-refractivity contribution >= 4 is 40.6 Å². The molecule has 1 N–H and O–H groups in total. The second-order valence-corrected chi connectivity index (χ2v) is 5.95. The van der Waals surface area contributed by atoms with E-state index in [-0.39, 0.29) is 5.91 Å². The molecule has 0 aliphatic rings. The second kappa shape index (κ2) is 6.56. The Morgan fingerprint density at radius 2 is 2.17 bits per heavy atom. The number of anilines is 1. The third kappa shape index (κ3) is 3.46. The van der Waals surface area contributed by atoms with E-state index in [1.165, 1.54) is 6.20 Å². The number of fused-ring (bicyclic) bond motifs is 1. The minimum Gasteiger partial charge on any atom is -0.309 e. The largest absolute Gasteiger partial charge is 0.309 e. The first-order chi connectivity index (χ1) is 11.0. The predicted octanol–water partition coefficient (Wildman–Crippen LogP) is 3.92. The molecule has 0 radical (unpaired) electrons. The number of imidazole rings is 1. The molecule has 0 fully saturated rings. The van der Waals surface area contributed by atoms with Gasteiger partial charge in [0.2, 0.25) is 5.91 Å². The zero-order valence-electron chi connectivity index (χ0n) is 12.4. The normalized spacial score (nSPS) is 10.9.